The Hall–Kier alpha value is -3.41. The molecule has 2 aromatic carbocycles. The average molecular weight is 691 g/mol. The van der Waals surface area contributed by atoms with Gasteiger partial charge >= 0.3 is 6.03 Å². The third-order valence-corrected chi connectivity index (χ3v) is 13.4. The number of aliphatic hydroxyl groups is 1. The Labute approximate surface area is 290 Å². The van der Waals surface area contributed by atoms with Gasteiger partial charge < -0.3 is 24.8 Å². The molecule has 10 nitrogen and oxygen atoms in total. The molecular weight excluding hydrogens is 641 g/mol. The van der Waals surface area contributed by atoms with Crippen molar-refractivity contribution in [2.24, 2.45) is 28.0 Å². The van der Waals surface area contributed by atoms with Crippen molar-refractivity contribution in [3.63, 3.8) is 0 Å². The number of amides is 3. The Morgan fingerprint density at radius 1 is 1.22 bits per heavy atom. The number of aliphatic hydroxyl groups excluding tert-OH is 1. The van der Waals surface area contributed by atoms with Crippen LogP contribution in [0.25, 0.3) is 0 Å². The quantitative estimate of drug-likeness (QED) is 0.371. The molecule has 1 spiro atoms. The van der Waals surface area contributed by atoms with Crippen molar-refractivity contribution in [1.82, 2.24) is 10.0 Å². The Balaban J connectivity index is 1.27. The molecule has 5 aliphatic rings. The smallest absolute Gasteiger partial charge is 0.327 e. The fraction of sp³-hybridized carbons (Fsp3) is 0.579. The predicted molar refractivity (Wildman–Crippen MR) is 190 cm³/mol. The number of hydrogen-bond donors (Lipinski definition) is 3. The number of fused-ring (bicyclic) bond motifs is 4. The Kier molecular flexibility index (Phi) is 9.53. The molecule has 3 N–H and O–H groups in total. The molecule has 0 saturated heterocycles. The van der Waals surface area contributed by atoms with Gasteiger partial charge in [0.05, 0.1) is 24.2 Å². The van der Waals surface area contributed by atoms with E-state index in [0.29, 0.717) is 36.8 Å². The number of hydrogen-bond acceptors (Lipinski definition) is 7. The lowest BCUT2D eigenvalue weighted by atomic mass is 9.68. The number of anilines is 1. The normalized spacial score (nSPS) is 34.6. The molecule has 2 aliphatic heterocycles. The second kappa shape index (κ2) is 13.7. The van der Waals surface area contributed by atoms with E-state index in [4.69, 9.17) is 9.47 Å². The van der Waals surface area contributed by atoms with Crippen LogP contribution in [0.1, 0.15) is 72.5 Å². The molecule has 7 rings (SSSR count). The molecule has 49 heavy (non-hydrogen) atoms. The lowest BCUT2D eigenvalue weighted by Gasteiger charge is -2.46. The fourth-order valence-electron chi connectivity index (χ4n) is 8.50. The summed E-state index contributed by atoms with van der Waals surface area (Å²) in [4.78, 5) is 29.2. The number of methoxy groups -OCH3 is 1. The second-order valence-electron chi connectivity index (χ2n) is 15.2. The first kappa shape index (κ1) is 34.1. The van der Waals surface area contributed by atoms with Gasteiger partial charge in [0.25, 0.3) is 5.91 Å². The van der Waals surface area contributed by atoms with Crippen molar-refractivity contribution in [2.45, 2.75) is 76.4 Å². The molecule has 3 aliphatic carbocycles. The molecule has 3 amide bonds. The monoisotopic (exact) mass is 690 g/mol. The maximum atomic E-state index is 14.3. The van der Waals surface area contributed by atoms with Gasteiger partial charge in [-0.15, -0.1) is 4.36 Å². The van der Waals surface area contributed by atoms with Gasteiger partial charge in [0.15, 0.2) is 0 Å². The summed E-state index contributed by atoms with van der Waals surface area (Å²) in [7, 11) is -1.73. The van der Waals surface area contributed by atoms with Crippen molar-refractivity contribution in [3.8, 4) is 5.75 Å². The van der Waals surface area contributed by atoms with E-state index in [2.05, 4.69) is 56.6 Å². The third kappa shape index (κ3) is 7.12. The Morgan fingerprint density at radius 2 is 2.08 bits per heavy atom. The molecular formula is C38H50N4O6S. The number of nitrogens with zero attached hydrogens (tertiary/aromatic N) is 2. The van der Waals surface area contributed by atoms with Crippen LogP contribution in [0.15, 0.2) is 52.9 Å². The molecule has 264 valence electrons. The van der Waals surface area contributed by atoms with Gasteiger partial charge in [-0.1, -0.05) is 42.8 Å². The van der Waals surface area contributed by atoms with Crippen LogP contribution in [-0.4, -0.2) is 72.6 Å². The largest absolute Gasteiger partial charge is 0.490 e. The maximum absolute atomic E-state index is 14.3. The predicted octanol–water partition coefficient (Wildman–Crippen LogP) is 5.31. The van der Waals surface area contributed by atoms with Gasteiger partial charge in [-0.2, -0.15) is 0 Å². The SMILES string of the molecule is CO[C@H]1/C=C/C[C@H](C)CS(=O)(NC(=O)N[C@@H]2C[C@H]2CO)=NC(=O)c2ccc3c(c2)N(C[C@@H]2CC[C@H]21)C[C@@]1(CCCc2cc(C)ccc21)CO3. The Bertz CT molecular complexity index is 1750. The summed E-state index contributed by atoms with van der Waals surface area (Å²) >= 11 is 0. The molecule has 2 saturated carbocycles. The van der Waals surface area contributed by atoms with Crippen molar-refractivity contribution in [3.05, 3.63) is 70.8 Å². The summed E-state index contributed by atoms with van der Waals surface area (Å²) in [5.41, 5.74) is 4.96. The number of nitrogens with one attached hydrogen (secondary N) is 2. The van der Waals surface area contributed by atoms with E-state index < -0.39 is 21.9 Å². The lowest BCUT2D eigenvalue weighted by Crippen LogP contribution is -2.49. The van der Waals surface area contributed by atoms with E-state index in [1.165, 1.54) is 16.7 Å². The Morgan fingerprint density at radius 3 is 2.84 bits per heavy atom. The van der Waals surface area contributed by atoms with Crippen LogP contribution in [-0.2, 0) is 26.5 Å². The maximum Gasteiger partial charge on any atom is 0.327 e. The summed E-state index contributed by atoms with van der Waals surface area (Å²) in [5, 5.41) is 12.2. The van der Waals surface area contributed by atoms with Crippen molar-refractivity contribution in [2.75, 3.05) is 44.1 Å². The highest BCUT2D eigenvalue weighted by molar-refractivity contribution is 7.92. The van der Waals surface area contributed by atoms with Crippen molar-refractivity contribution in [1.29, 1.82) is 0 Å². The van der Waals surface area contributed by atoms with E-state index in [-0.39, 0.29) is 41.8 Å². The molecule has 2 aromatic rings. The molecule has 11 heteroatoms. The summed E-state index contributed by atoms with van der Waals surface area (Å²) in [5.74, 6) is 0.713. The average Bonchev–Trinajstić information content (AvgIpc) is 3.83. The zero-order valence-corrected chi connectivity index (χ0v) is 29.7. The van der Waals surface area contributed by atoms with Crippen LogP contribution >= 0.6 is 0 Å². The number of ether oxygens (including phenoxy) is 2. The first-order valence-corrected chi connectivity index (χ1v) is 19.6. The summed E-state index contributed by atoms with van der Waals surface area (Å²) < 4.78 is 33.8. The molecule has 0 aromatic heterocycles. The highest BCUT2D eigenvalue weighted by Crippen LogP contribution is 2.47. The van der Waals surface area contributed by atoms with Crippen LogP contribution in [0, 0.1) is 30.6 Å². The van der Waals surface area contributed by atoms with Crippen LogP contribution < -0.4 is 19.7 Å². The van der Waals surface area contributed by atoms with Crippen LogP contribution in [0.2, 0.25) is 0 Å². The zero-order chi connectivity index (χ0) is 34.3. The minimum absolute atomic E-state index is 0.00980. The molecule has 8 atom stereocenters. The van der Waals surface area contributed by atoms with Gasteiger partial charge in [-0.3, -0.25) is 9.52 Å². The summed E-state index contributed by atoms with van der Waals surface area (Å²) in [6.07, 6.45) is 10.8. The third-order valence-electron chi connectivity index (χ3n) is 11.4. The number of rotatable bonds is 4. The first-order chi connectivity index (χ1) is 23.6. The van der Waals surface area contributed by atoms with Gasteiger partial charge in [0, 0.05) is 49.7 Å². The van der Waals surface area contributed by atoms with E-state index in [9.17, 15) is 18.9 Å². The zero-order valence-electron chi connectivity index (χ0n) is 28.9. The van der Waals surface area contributed by atoms with Crippen molar-refractivity contribution >= 4 is 27.5 Å². The number of carbonyl (C=O) groups excluding carboxylic acids is 2. The number of carbonyl (C=O) groups is 2. The summed E-state index contributed by atoms with van der Waals surface area (Å²) in [6.45, 7) is 6.17. The lowest BCUT2D eigenvalue weighted by molar-refractivity contribution is 0.0131. The summed E-state index contributed by atoms with van der Waals surface area (Å²) in [6, 6.07) is 11.4. The topological polar surface area (TPSA) is 130 Å². The number of aryl methyl sites for hydroxylation is 2. The van der Waals surface area contributed by atoms with E-state index >= 15 is 0 Å². The van der Waals surface area contributed by atoms with E-state index in [1.807, 2.05) is 19.1 Å². The van der Waals surface area contributed by atoms with E-state index in [0.717, 1.165) is 56.6 Å². The molecule has 1 unspecified atom stereocenters. The van der Waals surface area contributed by atoms with E-state index in [1.54, 1.807) is 13.2 Å². The molecule has 2 fully saturated rings. The van der Waals surface area contributed by atoms with Crippen LogP contribution in [0.3, 0.4) is 0 Å². The minimum atomic E-state index is -3.49. The van der Waals surface area contributed by atoms with Crippen LogP contribution in [0.4, 0.5) is 10.5 Å². The van der Waals surface area contributed by atoms with Gasteiger partial charge in [0.1, 0.15) is 15.7 Å². The molecule has 2 bridgehead atoms. The van der Waals surface area contributed by atoms with Crippen molar-refractivity contribution < 1.29 is 28.4 Å². The van der Waals surface area contributed by atoms with Gasteiger partial charge in [-0.05, 0) is 98.9 Å². The highest BCUT2D eigenvalue weighted by atomic mass is 32.2. The first-order valence-electron chi connectivity index (χ1n) is 17.9. The number of benzene rings is 2. The minimum Gasteiger partial charge on any atom is -0.490 e. The number of allylic oxidation sites excluding steroid dienone is 1. The second-order valence-corrected chi connectivity index (χ2v) is 17.2. The molecule has 2 heterocycles. The number of urea groups is 1. The van der Waals surface area contributed by atoms with Gasteiger partial charge in [-0.25, -0.2) is 9.00 Å². The molecule has 0 radical (unpaired) electrons. The highest BCUT2D eigenvalue weighted by Gasteiger charge is 2.44. The van der Waals surface area contributed by atoms with Crippen LogP contribution in [0.5, 0.6) is 5.75 Å². The van der Waals surface area contributed by atoms with Gasteiger partial charge in [0.2, 0.25) is 0 Å². The standard InChI is InChI=1S/C38H50N4O6S/c1-24-9-13-31-26(16-24)7-5-15-38(31)22-42-19-28-10-12-30(28)34(47-3)8-4-6-25(2)21-49(46,41-37(45)39-32-17-29(32)20-43)40-36(44)27-11-14-35(48-23-38)33(42)18-27/h4,8-9,11,13-14,16,18,25,28-30,32,34,43H,5-7,10,12,15,17,19-23H2,1-3H3,(H2,39,40,41,44,45,46)/b8-4+/t25-,28-,29-,30+,32+,34-,38-,49?/m0/s1. The fourth-order valence-corrected chi connectivity index (χ4v) is 10.3.